The summed E-state index contributed by atoms with van der Waals surface area (Å²) in [5, 5.41) is 1.83. The van der Waals surface area contributed by atoms with Crippen LogP contribution >= 0.6 is 0 Å². The lowest BCUT2D eigenvalue weighted by Gasteiger charge is -2.39. The number of likely N-dealkylation sites (tertiary alicyclic amines) is 1. The Morgan fingerprint density at radius 1 is 0.973 bits per heavy atom. The molecule has 1 aromatic heterocycles. The van der Waals surface area contributed by atoms with Crippen molar-refractivity contribution in [2.24, 2.45) is 0 Å². The number of benzene rings is 2. The largest absolute Gasteiger partial charge is 0.339 e. The summed E-state index contributed by atoms with van der Waals surface area (Å²) in [5.41, 5.74) is 5.32. The van der Waals surface area contributed by atoms with Gasteiger partial charge in [-0.2, -0.15) is 0 Å². The lowest BCUT2D eigenvalue weighted by molar-refractivity contribution is 0.0772. The Morgan fingerprint density at radius 2 is 1.65 bits per heavy atom. The smallest absolute Gasteiger partial charge is 0.272 e. The molecule has 2 amide bonds. The van der Waals surface area contributed by atoms with Crippen molar-refractivity contribution in [3.8, 4) is 0 Å². The van der Waals surface area contributed by atoms with Crippen molar-refractivity contribution >= 4 is 17.5 Å². The molecule has 1 saturated heterocycles. The van der Waals surface area contributed by atoms with Crippen molar-refractivity contribution in [2.45, 2.75) is 39.3 Å². The highest BCUT2D eigenvalue weighted by molar-refractivity contribution is 5.96. The number of nitrogens with zero attached hydrogens (tertiary/aromatic N) is 4. The van der Waals surface area contributed by atoms with Gasteiger partial charge in [-0.25, -0.2) is 4.39 Å². The second kappa shape index (κ2) is 12.5. The summed E-state index contributed by atoms with van der Waals surface area (Å²) in [6, 6.07) is 19.2. The van der Waals surface area contributed by atoms with Gasteiger partial charge in [0.2, 0.25) is 0 Å². The van der Waals surface area contributed by atoms with E-state index in [4.69, 9.17) is 0 Å². The van der Waals surface area contributed by atoms with Crippen LogP contribution in [-0.2, 0) is 6.54 Å². The number of carbonyl (C=O) groups is 2. The van der Waals surface area contributed by atoms with Crippen LogP contribution < -0.4 is 10.4 Å². The third-order valence-electron chi connectivity index (χ3n) is 6.82. The summed E-state index contributed by atoms with van der Waals surface area (Å²) >= 11 is 0. The van der Waals surface area contributed by atoms with Crippen LogP contribution in [0.25, 0.3) is 0 Å². The molecule has 194 valence electrons. The molecule has 7 nitrogen and oxygen atoms in total. The molecule has 0 bridgehead atoms. The Labute approximate surface area is 217 Å². The van der Waals surface area contributed by atoms with Gasteiger partial charge in [0.15, 0.2) is 0 Å². The van der Waals surface area contributed by atoms with Crippen molar-refractivity contribution in [1.29, 1.82) is 0 Å². The minimum absolute atomic E-state index is 0.00609. The predicted octanol–water partition coefficient (Wildman–Crippen LogP) is 4.52. The molecule has 1 aliphatic heterocycles. The molecule has 3 aromatic rings. The molecule has 0 saturated carbocycles. The molecule has 1 N–H and O–H groups in total. The first-order valence-corrected chi connectivity index (χ1v) is 12.9. The van der Waals surface area contributed by atoms with Gasteiger partial charge < -0.3 is 4.90 Å². The van der Waals surface area contributed by atoms with Crippen molar-refractivity contribution in [3.05, 3.63) is 95.6 Å². The second-order valence-electron chi connectivity index (χ2n) is 9.14. The first kappa shape index (κ1) is 26.3. The maximum absolute atomic E-state index is 14.3. The van der Waals surface area contributed by atoms with Crippen LogP contribution in [-0.4, -0.2) is 58.8 Å². The Hall–Kier alpha value is -3.78. The van der Waals surface area contributed by atoms with E-state index in [2.05, 4.69) is 15.3 Å². The first-order chi connectivity index (χ1) is 18.0. The number of piperidine rings is 1. The number of carbonyl (C=O) groups excluding carboxylic acids is 2. The van der Waals surface area contributed by atoms with E-state index in [1.165, 1.54) is 12.1 Å². The van der Waals surface area contributed by atoms with E-state index in [-0.39, 0.29) is 17.5 Å². The van der Waals surface area contributed by atoms with E-state index >= 15 is 0 Å². The van der Waals surface area contributed by atoms with Crippen LogP contribution in [0.15, 0.2) is 72.9 Å². The highest BCUT2D eigenvalue weighted by Crippen LogP contribution is 2.24. The maximum atomic E-state index is 14.3. The van der Waals surface area contributed by atoms with Crippen LogP contribution in [0, 0.1) is 5.82 Å². The molecule has 37 heavy (non-hydrogen) atoms. The number of hydrazine groups is 1. The summed E-state index contributed by atoms with van der Waals surface area (Å²) in [7, 11) is 0. The summed E-state index contributed by atoms with van der Waals surface area (Å²) in [4.78, 5) is 34.4. The van der Waals surface area contributed by atoms with Gasteiger partial charge in [-0.15, -0.1) is 0 Å². The van der Waals surface area contributed by atoms with Gasteiger partial charge >= 0.3 is 0 Å². The minimum Gasteiger partial charge on any atom is -0.339 e. The average molecular weight is 504 g/mol. The molecule has 1 aliphatic rings. The van der Waals surface area contributed by atoms with Crippen LogP contribution in [0.3, 0.4) is 0 Å². The van der Waals surface area contributed by atoms with Gasteiger partial charge in [0.05, 0.1) is 23.0 Å². The average Bonchev–Trinajstić information content (AvgIpc) is 2.94. The third kappa shape index (κ3) is 6.51. The van der Waals surface area contributed by atoms with Gasteiger partial charge in [-0.05, 0) is 75.2 Å². The lowest BCUT2D eigenvalue weighted by Crippen LogP contribution is -2.53. The molecule has 4 rings (SSSR count). The van der Waals surface area contributed by atoms with Crippen LogP contribution in [0.2, 0.25) is 0 Å². The molecular formula is C29H34FN5O2. The van der Waals surface area contributed by atoms with E-state index < -0.39 is 11.7 Å². The number of anilines is 1. The van der Waals surface area contributed by atoms with Gasteiger partial charge in [0, 0.05) is 44.5 Å². The maximum Gasteiger partial charge on any atom is 0.272 e. The molecule has 1 fully saturated rings. The number of amides is 2. The molecule has 0 atom stereocenters. The second-order valence-corrected chi connectivity index (χ2v) is 9.14. The van der Waals surface area contributed by atoms with Crippen molar-refractivity contribution in [3.63, 3.8) is 0 Å². The van der Waals surface area contributed by atoms with Gasteiger partial charge in [-0.1, -0.05) is 18.2 Å². The van der Waals surface area contributed by atoms with Crippen LogP contribution in [0.5, 0.6) is 0 Å². The lowest BCUT2D eigenvalue weighted by atomic mass is 10.0. The number of nitrogens with one attached hydrogen (secondary N) is 1. The summed E-state index contributed by atoms with van der Waals surface area (Å²) in [6.45, 7) is 7.64. The molecule has 8 heteroatoms. The number of pyridine rings is 1. The van der Waals surface area contributed by atoms with Gasteiger partial charge in [0.25, 0.3) is 11.8 Å². The van der Waals surface area contributed by atoms with Gasteiger partial charge in [-0.3, -0.25) is 29.9 Å². The van der Waals surface area contributed by atoms with E-state index in [1.807, 2.05) is 49.2 Å². The molecule has 0 unspecified atom stereocenters. The molecule has 2 aromatic carbocycles. The Morgan fingerprint density at radius 3 is 2.27 bits per heavy atom. The fourth-order valence-corrected chi connectivity index (χ4v) is 4.70. The van der Waals surface area contributed by atoms with E-state index in [0.29, 0.717) is 18.7 Å². The number of hydrogen-bond donors (Lipinski definition) is 1. The highest BCUT2D eigenvalue weighted by atomic mass is 19.1. The fourth-order valence-electron chi connectivity index (χ4n) is 4.70. The summed E-state index contributed by atoms with van der Waals surface area (Å²) in [5.74, 6) is -1.09. The number of hydrogen-bond acceptors (Lipinski definition) is 5. The van der Waals surface area contributed by atoms with Crippen molar-refractivity contribution < 1.29 is 14.0 Å². The monoisotopic (exact) mass is 503 g/mol. The fraction of sp³-hybridized carbons (Fsp3) is 0.345. The van der Waals surface area contributed by atoms with Crippen LogP contribution in [0.1, 0.15) is 53.1 Å². The molecule has 0 spiro atoms. The van der Waals surface area contributed by atoms with E-state index in [1.54, 1.807) is 35.4 Å². The normalized spacial score (nSPS) is 14.2. The van der Waals surface area contributed by atoms with Crippen LogP contribution in [0.4, 0.5) is 10.1 Å². The van der Waals surface area contributed by atoms with E-state index in [0.717, 1.165) is 43.9 Å². The molecule has 0 aliphatic carbocycles. The standard InChI is InChI=1S/C29H34FN5O2/c1-3-34(4-2)29(37)22-12-14-24(15-13-22)35(32-28(36)26-10-5-6-11-27(26)30)25-16-19-33(20-17-25)21-23-9-7-8-18-31-23/h5-15,18,25H,3-4,16-17,19-21H2,1-2H3,(H,32,36). The number of aromatic nitrogens is 1. The van der Waals surface area contributed by atoms with Gasteiger partial charge in [0.1, 0.15) is 5.82 Å². The Kier molecular flexibility index (Phi) is 8.85. The zero-order valence-corrected chi connectivity index (χ0v) is 21.4. The quantitative estimate of drug-likeness (QED) is 0.435. The predicted molar refractivity (Wildman–Crippen MR) is 143 cm³/mol. The molecule has 2 heterocycles. The zero-order valence-electron chi connectivity index (χ0n) is 21.4. The molecular weight excluding hydrogens is 469 g/mol. The number of rotatable bonds is 9. The Balaban J connectivity index is 1.52. The SMILES string of the molecule is CCN(CC)C(=O)c1ccc(N(NC(=O)c2ccccc2F)C2CCN(Cc3ccccn3)CC2)cc1. The zero-order chi connectivity index (χ0) is 26.2. The minimum atomic E-state index is -0.565. The summed E-state index contributed by atoms with van der Waals surface area (Å²) < 4.78 is 14.3. The number of halogens is 1. The van der Waals surface area contributed by atoms with Crippen molar-refractivity contribution in [1.82, 2.24) is 20.2 Å². The Bertz CT molecular complexity index is 1180. The summed E-state index contributed by atoms with van der Waals surface area (Å²) in [6.07, 6.45) is 3.42. The van der Waals surface area contributed by atoms with Crippen molar-refractivity contribution in [2.75, 3.05) is 31.2 Å². The highest BCUT2D eigenvalue weighted by Gasteiger charge is 2.28. The topological polar surface area (TPSA) is 68.8 Å². The third-order valence-corrected chi connectivity index (χ3v) is 6.82. The van der Waals surface area contributed by atoms with E-state index in [9.17, 15) is 14.0 Å². The first-order valence-electron chi connectivity index (χ1n) is 12.9. The molecule has 0 radical (unpaired) electrons.